The Balaban J connectivity index is 4.50. The second-order valence-electron chi connectivity index (χ2n) is 5.95. The van der Waals surface area contributed by atoms with Crippen LogP contribution in [-0.4, -0.2) is 60.5 Å². The lowest BCUT2D eigenvalue weighted by atomic mass is 10.0. The number of carbonyl (C=O) groups excluding carboxylic acids is 3. The van der Waals surface area contributed by atoms with Crippen molar-refractivity contribution in [1.29, 1.82) is 0 Å². The molecule has 144 valence electrons. The van der Waals surface area contributed by atoms with E-state index < -0.39 is 35.8 Å². The minimum atomic E-state index is -1.15. The third-order valence-corrected chi connectivity index (χ3v) is 3.45. The minimum Gasteiger partial charge on any atom is -0.480 e. The first-order chi connectivity index (χ1) is 11.7. The third-order valence-electron chi connectivity index (χ3n) is 3.45. The van der Waals surface area contributed by atoms with E-state index in [9.17, 15) is 19.2 Å². The number of carboxylic acid groups (broad SMARTS) is 1. The van der Waals surface area contributed by atoms with Gasteiger partial charge in [-0.05, 0) is 31.7 Å². The van der Waals surface area contributed by atoms with Crippen molar-refractivity contribution in [2.75, 3.05) is 19.6 Å². The van der Waals surface area contributed by atoms with E-state index >= 15 is 0 Å². The Labute approximate surface area is 147 Å². The van der Waals surface area contributed by atoms with Gasteiger partial charge in [0.05, 0.1) is 13.1 Å². The molecule has 0 spiro atoms. The SMILES string of the molecule is CC(C)[C@H](NC(=O)CN)C(=O)NCC(=O)N[C@@H](CCCCN)C(=O)O. The molecular weight excluding hydrogens is 330 g/mol. The zero-order valence-corrected chi connectivity index (χ0v) is 14.7. The van der Waals surface area contributed by atoms with E-state index in [1.165, 1.54) is 0 Å². The summed E-state index contributed by atoms with van der Waals surface area (Å²) >= 11 is 0. The van der Waals surface area contributed by atoms with Gasteiger partial charge in [0.15, 0.2) is 0 Å². The van der Waals surface area contributed by atoms with Gasteiger partial charge >= 0.3 is 5.97 Å². The van der Waals surface area contributed by atoms with Crippen LogP contribution in [0.2, 0.25) is 0 Å². The van der Waals surface area contributed by atoms with Crippen molar-refractivity contribution in [3.8, 4) is 0 Å². The molecule has 0 rings (SSSR count). The van der Waals surface area contributed by atoms with E-state index in [1.54, 1.807) is 13.8 Å². The molecule has 10 nitrogen and oxygen atoms in total. The zero-order chi connectivity index (χ0) is 19.4. The topological polar surface area (TPSA) is 177 Å². The number of amides is 3. The molecule has 3 amide bonds. The number of carbonyl (C=O) groups is 4. The van der Waals surface area contributed by atoms with E-state index in [4.69, 9.17) is 16.6 Å². The summed E-state index contributed by atoms with van der Waals surface area (Å²) in [5.74, 6) is -3.00. The molecule has 0 aliphatic rings. The molecule has 0 unspecified atom stereocenters. The normalized spacial score (nSPS) is 13.0. The maximum absolute atomic E-state index is 12.1. The van der Waals surface area contributed by atoms with Crippen LogP contribution in [0.1, 0.15) is 33.1 Å². The lowest BCUT2D eigenvalue weighted by Crippen LogP contribution is -2.53. The minimum absolute atomic E-state index is 0.207. The van der Waals surface area contributed by atoms with Crippen LogP contribution in [0, 0.1) is 5.92 Å². The highest BCUT2D eigenvalue weighted by Gasteiger charge is 2.25. The molecule has 0 fully saturated rings. The Morgan fingerprint density at radius 1 is 1.00 bits per heavy atom. The van der Waals surface area contributed by atoms with Gasteiger partial charge in [-0.2, -0.15) is 0 Å². The molecule has 0 aliphatic heterocycles. The molecule has 2 atom stereocenters. The van der Waals surface area contributed by atoms with Gasteiger partial charge in [-0.25, -0.2) is 4.79 Å². The fraction of sp³-hybridized carbons (Fsp3) is 0.733. The number of rotatable bonds is 12. The van der Waals surface area contributed by atoms with E-state index in [-0.39, 0.29) is 25.4 Å². The number of nitrogens with two attached hydrogens (primary N) is 2. The van der Waals surface area contributed by atoms with Crippen molar-refractivity contribution >= 4 is 23.7 Å². The Morgan fingerprint density at radius 3 is 2.12 bits per heavy atom. The van der Waals surface area contributed by atoms with Gasteiger partial charge in [0.2, 0.25) is 17.7 Å². The molecule has 0 aromatic heterocycles. The second-order valence-corrected chi connectivity index (χ2v) is 5.95. The molecule has 10 heteroatoms. The molecule has 25 heavy (non-hydrogen) atoms. The second kappa shape index (κ2) is 12.2. The Hall–Kier alpha value is -2.20. The van der Waals surface area contributed by atoms with Gasteiger partial charge in [0.1, 0.15) is 12.1 Å². The predicted octanol–water partition coefficient (Wildman–Crippen LogP) is -2.10. The van der Waals surface area contributed by atoms with Crippen LogP contribution < -0.4 is 27.4 Å². The van der Waals surface area contributed by atoms with Crippen molar-refractivity contribution in [3.63, 3.8) is 0 Å². The monoisotopic (exact) mass is 359 g/mol. The lowest BCUT2D eigenvalue weighted by Gasteiger charge is -2.21. The summed E-state index contributed by atoms with van der Waals surface area (Å²) in [6, 6.07) is -1.86. The molecule has 0 saturated heterocycles. The maximum atomic E-state index is 12.1. The molecule has 0 aromatic carbocycles. The maximum Gasteiger partial charge on any atom is 0.326 e. The number of unbranched alkanes of at least 4 members (excludes halogenated alkanes) is 1. The van der Waals surface area contributed by atoms with Crippen LogP contribution in [0.3, 0.4) is 0 Å². The average Bonchev–Trinajstić information content (AvgIpc) is 2.55. The number of aliphatic carboxylic acids is 1. The van der Waals surface area contributed by atoms with E-state index in [2.05, 4.69) is 16.0 Å². The van der Waals surface area contributed by atoms with Gasteiger partial charge in [0, 0.05) is 0 Å². The third kappa shape index (κ3) is 9.62. The molecule has 0 radical (unpaired) electrons. The molecule has 0 aromatic rings. The first-order valence-corrected chi connectivity index (χ1v) is 8.22. The Bertz CT molecular complexity index is 469. The predicted molar refractivity (Wildman–Crippen MR) is 91.3 cm³/mol. The van der Waals surface area contributed by atoms with E-state index in [0.29, 0.717) is 19.4 Å². The van der Waals surface area contributed by atoms with Crippen molar-refractivity contribution in [3.05, 3.63) is 0 Å². The van der Waals surface area contributed by atoms with Crippen molar-refractivity contribution in [2.45, 2.75) is 45.2 Å². The van der Waals surface area contributed by atoms with Crippen LogP contribution in [0.25, 0.3) is 0 Å². The number of nitrogens with one attached hydrogen (secondary N) is 3. The highest BCUT2D eigenvalue weighted by molar-refractivity contribution is 5.92. The summed E-state index contributed by atoms with van der Waals surface area (Å²) in [5, 5.41) is 16.3. The molecule has 0 aliphatic carbocycles. The summed E-state index contributed by atoms with van der Waals surface area (Å²) in [7, 11) is 0. The zero-order valence-electron chi connectivity index (χ0n) is 14.7. The van der Waals surface area contributed by atoms with Crippen LogP contribution in [-0.2, 0) is 19.2 Å². The van der Waals surface area contributed by atoms with Gasteiger partial charge in [-0.1, -0.05) is 13.8 Å². The summed E-state index contributed by atoms with van der Waals surface area (Å²) in [6.45, 7) is 3.28. The summed E-state index contributed by atoms with van der Waals surface area (Å²) in [5.41, 5.74) is 10.6. The Kier molecular flexibility index (Phi) is 11.1. The largest absolute Gasteiger partial charge is 0.480 e. The van der Waals surface area contributed by atoms with Crippen LogP contribution in [0.15, 0.2) is 0 Å². The standard InChI is InChI=1S/C15H29N5O5/c1-9(2)13(20-11(21)7-17)14(23)18-8-12(22)19-10(15(24)25)5-3-4-6-16/h9-10,13H,3-8,16-17H2,1-2H3,(H,18,23)(H,19,22)(H,20,21)(H,24,25)/t10-,13-/m0/s1. The molecule has 8 N–H and O–H groups in total. The van der Waals surface area contributed by atoms with Crippen LogP contribution in [0.4, 0.5) is 0 Å². The number of carboxylic acids is 1. The number of hydrogen-bond donors (Lipinski definition) is 6. The van der Waals surface area contributed by atoms with Gasteiger partial charge in [-0.15, -0.1) is 0 Å². The summed E-state index contributed by atoms with van der Waals surface area (Å²) in [6.07, 6.45) is 1.49. The quantitative estimate of drug-likeness (QED) is 0.216. The lowest BCUT2D eigenvalue weighted by molar-refractivity contribution is -0.142. The summed E-state index contributed by atoms with van der Waals surface area (Å²) in [4.78, 5) is 46.4. The first-order valence-electron chi connectivity index (χ1n) is 8.22. The van der Waals surface area contributed by atoms with Crippen molar-refractivity contribution < 1.29 is 24.3 Å². The molecule has 0 saturated carbocycles. The highest BCUT2D eigenvalue weighted by atomic mass is 16.4. The van der Waals surface area contributed by atoms with Gasteiger partial charge < -0.3 is 32.5 Å². The van der Waals surface area contributed by atoms with Crippen molar-refractivity contribution in [2.24, 2.45) is 17.4 Å². The van der Waals surface area contributed by atoms with Crippen LogP contribution >= 0.6 is 0 Å². The fourth-order valence-electron chi connectivity index (χ4n) is 2.04. The number of hydrogen-bond acceptors (Lipinski definition) is 6. The Morgan fingerprint density at radius 2 is 1.64 bits per heavy atom. The first kappa shape index (κ1) is 22.8. The smallest absolute Gasteiger partial charge is 0.326 e. The van der Waals surface area contributed by atoms with E-state index in [0.717, 1.165) is 0 Å². The van der Waals surface area contributed by atoms with E-state index in [1.807, 2.05) is 0 Å². The molecule has 0 bridgehead atoms. The fourth-order valence-corrected chi connectivity index (χ4v) is 2.04. The highest BCUT2D eigenvalue weighted by Crippen LogP contribution is 2.02. The molecule has 0 heterocycles. The van der Waals surface area contributed by atoms with Crippen LogP contribution in [0.5, 0.6) is 0 Å². The molecular formula is C15H29N5O5. The van der Waals surface area contributed by atoms with Gasteiger partial charge in [0.25, 0.3) is 0 Å². The summed E-state index contributed by atoms with van der Waals surface area (Å²) < 4.78 is 0. The van der Waals surface area contributed by atoms with Crippen molar-refractivity contribution in [1.82, 2.24) is 16.0 Å². The average molecular weight is 359 g/mol. The van der Waals surface area contributed by atoms with Gasteiger partial charge in [-0.3, -0.25) is 14.4 Å².